The van der Waals surface area contributed by atoms with Crippen LogP contribution in [0.15, 0.2) is 11.2 Å². The van der Waals surface area contributed by atoms with Crippen LogP contribution in [0.1, 0.15) is 37.6 Å². The van der Waals surface area contributed by atoms with Gasteiger partial charge in [-0.3, -0.25) is 0 Å². The van der Waals surface area contributed by atoms with Crippen LogP contribution in [0.3, 0.4) is 0 Å². The molecule has 0 saturated carbocycles. The predicted octanol–water partition coefficient (Wildman–Crippen LogP) is 2.74. The van der Waals surface area contributed by atoms with Crippen LogP contribution in [0.4, 0.5) is 4.79 Å². The lowest BCUT2D eigenvalue weighted by molar-refractivity contribution is 0.00701. The monoisotopic (exact) mass is 481 g/mol. The first-order valence-electron chi connectivity index (χ1n) is 8.21. The van der Waals surface area contributed by atoms with Crippen molar-refractivity contribution in [1.29, 1.82) is 0 Å². The largest absolute Gasteiger partial charge is 0.444 e. The number of guanidine groups is 1. The van der Waals surface area contributed by atoms with E-state index in [0.29, 0.717) is 19.6 Å². The van der Waals surface area contributed by atoms with Crippen LogP contribution in [0.5, 0.6) is 0 Å². The molecule has 1 amide bonds. The molecule has 2 heterocycles. The first-order chi connectivity index (χ1) is 11.3. The van der Waals surface area contributed by atoms with Crippen LogP contribution in [-0.2, 0) is 11.3 Å². The van der Waals surface area contributed by atoms with Crippen molar-refractivity contribution in [1.82, 2.24) is 20.5 Å². The third-order valence-electron chi connectivity index (χ3n) is 3.26. The normalized spacial score (nSPS) is 15.2. The maximum absolute atomic E-state index is 11.9. The van der Waals surface area contributed by atoms with E-state index in [1.165, 1.54) is 4.88 Å². The van der Waals surface area contributed by atoms with Gasteiger partial charge < -0.3 is 20.3 Å². The highest BCUT2D eigenvalue weighted by Crippen LogP contribution is 2.15. The number of carbonyl (C=O) groups is 1. The van der Waals surface area contributed by atoms with Crippen LogP contribution >= 0.6 is 35.3 Å². The summed E-state index contributed by atoms with van der Waals surface area (Å²) >= 11 is 1.65. The minimum absolute atomic E-state index is 0. The lowest BCUT2D eigenvalue weighted by Gasteiger charge is -2.40. The number of amides is 1. The van der Waals surface area contributed by atoms with Gasteiger partial charge in [0.2, 0.25) is 0 Å². The van der Waals surface area contributed by atoms with Gasteiger partial charge >= 0.3 is 6.09 Å². The number of nitrogens with one attached hydrogen (secondary N) is 2. The Morgan fingerprint density at radius 1 is 1.48 bits per heavy atom. The Morgan fingerprint density at radius 2 is 2.16 bits per heavy atom. The zero-order chi connectivity index (χ0) is 17.7. The Hall–Kier alpha value is -1.10. The second kappa shape index (κ2) is 9.56. The zero-order valence-electron chi connectivity index (χ0n) is 15.5. The number of halogens is 1. The van der Waals surface area contributed by atoms with Gasteiger partial charge in [0.05, 0.1) is 12.6 Å². The molecule has 2 rings (SSSR count). The van der Waals surface area contributed by atoms with Crippen molar-refractivity contribution >= 4 is 47.4 Å². The molecule has 7 nitrogen and oxygen atoms in total. The Labute approximate surface area is 170 Å². The molecule has 1 saturated heterocycles. The zero-order valence-corrected chi connectivity index (χ0v) is 18.6. The quantitative estimate of drug-likeness (QED) is 0.393. The fourth-order valence-electron chi connectivity index (χ4n) is 2.18. The Kier molecular flexibility index (Phi) is 8.39. The summed E-state index contributed by atoms with van der Waals surface area (Å²) in [6.45, 7) is 12.3. The van der Waals surface area contributed by atoms with Crippen molar-refractivity contribution < 1.29 is 9.53 Å². The molecule has 1 aliphatic heterocycles. The number of carbonyl (C=O) groups excluding carboxylic acids is 1. The molecular weight excluding hydrogens is 453 g/mol. The highest BCUT2D eigenvalue weighted by atomic mass is 127. The minimum Gasteiger partial charge on any atom is -0.444 e. The predicted molar refractivity (Wildman–Crippen MR) is 112 cm³/mol. The molecule has 142 valence electrons. The summed E-state index contributed by atoms with van der Waals surface area (Å²) < 4.78 is 5.36. The van der Waals surface area contributed by atoms with E-state index < -0.39 is 5.60 Å². The number of aliphatic imine (C=N–C) groups is 1. The SMILES string of the molecule is CCNC(=NCc1ncc(C)s1)NC1CN(C(=O)OC(C)(C)C)C1.I. The van der Waals surface area contributed by atoms with Gasteiger partial charge in [-0.05, 0) is 34.6 Å². The number of aryl methyl sites for hydroxylation is 1. The molecule has 0 radical (unpaired) electrons. The summed E-state index contributed by atoms with van der Waals surface area (Å²) in [6.07, 6.45) is 1.60. The molecular formula is C16H28IN5O2S. The van der Waals surface area contributed by atoms with Crippen LogP contribution < -0.4 is 10.6 Å². The highest BCUT2D eigenvalue weighted by molar-refractivity contribution is 14.0. The number of aromatic nitrogens is 1. The van der Waals surface area contributed by atoms with Crippen LogP contribution in [-0.4, -0.2) is 53.2 Å². The van der Waals surface area contributed by atoms with Gasteiger partial charge in [-0.1, -0.05) is 0 Å². The Bertz CT molecular complexity index is 594. The lowest BCUT2D eigenvalue weighted by atomic mass is 10.1. The topological polar surface area (TPSA) is 78.9 Å². The van der Waals surface area contributed by atoms with Gasteiger partial charge in [-0.15, -0.1) is 35.3 Å². The van der Waals surface area contributed by atoms with Crippen molar-refractivity contribution in [3.05, 3.63) is 16.1 Å². The number of rotatable bonds is 4. The van der Waals surface area contributed by atoms with Crippen LogP contribution in [0.25, 0.3) is 0 Å². The summed E-state index contributed by atoms with van der Waals surface area (Å²) in [6, 6.07) is 0.188. The van der Waals surface area contributed by atoms with Gasteiger partial charge in [-0.25, -0.2) is 14.8 Å². The maximum atomic E-state index is 11.9. The second-order valence-electron chi connectivity index (χ2n) is 6.79. The molecule has 1 aromatic rings. The van der Waals surface area contributed by atoms with Gasteiger partial charge in [0, 0.05) is 30.7 Å². The van der Waals surface area contributed by atoms with E-state index in [1.807, 2.05) is 40.8 Å². The fourth-order valence-corrected chi connectivity index (χ4v) is 2.89. The summed E-state index contributed by atoms with van der Waals surface area (Å²) in [5, 5.41) is 7.56. The first-order valence-corrected chi connectivity index (χ1v) is 9.02. The number of thiazole rings is 1. The lowest BCUT2D eigenvalue weighted by Crippen LogP contribution is -2.63. The average Bonchev–Trinajstić information content (AvgIpc) is 2.83. The summed E-state index contributed by atoms with van der Waals surface area (Å²) in [4.78, 5) is 23.7. The molecule has 1 aromatic heterocycles. The fraction of sp³-hybridized carbons (Fsp3) is 0.688. The highest BCUT2D eigenvalue weighted by Gasteiger charge is 2.34. The van der Waals surface area contributed by atoms with Gasteiger partial charge in [0.15, 0.2) is 5.96 Å². The molecule has 0 atom stereocenters. The molecule has 1 fully saturated rings. The van der Waals surface area contributed by atoms with Gasteiger partial charge in [0.1, 0.15) is 10.6 Å². The Balaban J connectivity index is 0.00000312. The number of nitrogens with zero attached hydrogens (tertiary/aromatic N) is 3. The van der Waals surface area contributed by atoms with Crippen molar-refractivity contribution in [3.8, 4) is 0 Å². The van der Waals surface area contributed by atoms with Crippen molar-refractivity contribution in [2.45, 2.75) is 52.8 Å². The number of ether oxygens (including phenoxy) is 1. The molecule has 9 heteroatoms. The first kappa shape index (κ1) is 21.9. The van der Waals surface area contributed by atoms with Crippen molar-refractivity contribution in [2.24, 2.45) is 4.99 Å². The summed E-state index contributed by atoms with van der Waals surface area (Å²) in [5.74, 6) is 0.749. The average molecular weight is 481 g/mol. The van der Waals surface area contributed by atoms with Crippen LogP contribution in [0.2, 0.25) is 0 Å². The maximum Gasteiger partial charge on any atom is 0.410 e. The molecule has 0 aromatic carbocycles. The van der Waals surface area contributed by atoms with E-state index in [-0.39, 0.29) is 36.1 Å². The minimum atomic E-state index is -0.460. The second-order valence-corrected chi connectivity index (χ2v) is 8.11. The smallest absolute Gasteiger partial charge is 0.410 e. The number of hydrogen-bond donors (Lipinski definition) is 2. The summed E-state index contributed by atoms with van der Waals surface area (Å²) in [5.41, 5.74) is -0.460. The van der Waals surface area contributed by atoms with E-state index in [0.717, 1.165) is 17.5 Å². The third kappa shape index (κ3) is 7.35. The molecule has 0 spiro atoms. The molecule has 2 N–H and O–H groups in total. The standard InChI is InChI=1S/C16H27N5O2S.HI/c1-6-17-14(19-8-13-18-7-11(2)24-13)20-12-9-21(10-12)15(22)23-16(3,4)5;/h7,12H,6,8-10H2,1-5H3,(H2,17,19,20);1H. The van der Waals surface area contributed by atoms with Gasteiger partial charge in [-0.2, -0.15) is 0 Å². The van der Waals surface area contributed by atoms with Gasteiger partial charge in [0.25, 0.3) is 0 Å². The Morgan fingerprint density at radius 3 is 2.68 bits per heavy atom. The molecule has 1 aliphatic rings. The van der Waals surface area contributed by atoms with E-state index in [1.54, 1.807) is 16.2 Å². The van der Waals surface area contributed by atoms with E-state index in [4.69, 9.17) is 4.74 Å². The van der Waals surface area contributed by atoms with E-state index in [2.05, 4.69) is 20.6 Å². The molecule has 0 aliphatic carbocycles. The van der Waals surface area contributed by atoms with E-state index >= 15 is 0 Å². The summed E-state index contributed by atoms with van der Waals surface area (Å²) in [7, 11) is 0. The van der Waals surface area contributed by atoms with E-state index in [9.17, 15) is 4.79 Å². The third-order valence-corrected chi connectivity index (χ3v) is 4.16. The molecule has 0 bridgehead atoms. The number of likely N-dealkylation sites (tertiary alicyclic amines) is 1. The molecule has 25 heavy (non-hydrogen) atoms. The van der Waals surface area contributed by atoms with Crippen LogP contribution in [0, 0.1) is 6.92 Å². The molecule has 0 unspecified atom stereocenters. The van der Waals surface area contributed by atoms with Crippen molar-refractivity contribution in [3.63, 3.8) is 0 Å². The number of hydrogen-bond acceptors (Lipinski definition) is 5. The van der Waals surface area contributed by atoms with Crippen molar-refractivity contribution in [2.75, 3.05) is 19.6 Å².